The van der Waals surface area contributed by atoms with E-state index < -0.39 is 7.92 Å². The molecule has 0 radical (unpaired) electrons. The summed E-state index contributed by atoms with van der Waals surface area (Å²) < 4.78 is 11.8. The highest BCUT2D eigenvalue weighted by Crippen LogP contribution is 2.65. The van der Waals surface area contributed by atoms with Crippen molar-refractivity contribution in [2.45, 2.75) is 31.8 Å². The minimum atomic E-state index is -0.578. The first kappa shape index (κ1) is 14.3. The van der Waals surface area contributed by atoms with Gasteiger partial charge in [-0.15, -0.1) is 0 Å². The van der Waals surface area contributed by atoms with Crippen LogP contribution >= 0.6 is 7.92 Å². The molecule has 0 saturated heterocycles. The molecular formula is C17H20NO2P. The highest BCUT2D eigenvalue weighted by Gasteiger charge is 2.44. The summed E-state index contributed by atoms with van der Waals surface area (Å²) in [6.07, 6.45) is 1.83. The first-order chi connectivity index (χ1) is 10.0. The Morgan fingerprint density at radius 3 is 2.57 bits per heavy atom. The average molecular weight is 301 g/mol. The quantitative estimate of drug-likeness (QED) is 0.783. The van der Waals surface area contributed by atoms with Crippen molar-refractivity contribution in [3.63, 3.8) is 0 Å². The van der Waals surface area contributed by atoms with Gasteiger partial charge in [0.05, 0.1) is 18.1 Å². The average Bonchev–Trinajstić information content (AvgIpc) is 2.87. The lowest BCUT2D eigenvalue weighted by molar-refractivity contribution is 0.294. The Kier molecular flexibility index (Phi) is 3.62. The van der Waals surface area contributed by atoms with E-state index in [4.69, 9.17) is 9.47 Å². The molecule has 3 nitrogen and oxygen atoms in total. The summed E-state index contributed by atoms with van der Waals surface area (Å²) in [6.45, 7) is 6.79. The third-order valence-corrected chi connectivity index (χ3v) is 6.77. The molecule has 4 heteroatoms. The molecule has 1 aromatic heterocycles. The number of benzene rings is 1. The molecule has 110 valence electrons. The third kappa shape index (κ3) is 2.51. The van der Waals surface area contributed by atoms with E-state index in [1.165, 1.54) is 5.30 Å². The van der Waals surface area contributed by atoms with Crippen LogP contribution in [-0.4, -0.2) is 17.2 Å². The van der Waals surface area contributed by atoms with Crippen LogP contribution in [-0.2, 0) is 0 Å². The maximum Gasteiger partial charge on any atom is 0.163 e. The second kappa shape index (κ2) is 5.31. The van der Waals surface area contributed by atoms with Crippen molar-refractivity contribution >= 4 is 13.2 Å². The summed E-state index contributed by atoms with van der Waals surface area (Å²) in [4.78, 5) is 4.51. The predicted molar refractivity (Wildman–Crippen MR) is 86.9 cm³/mol. The zero-order valence-corrected chi connectivity index (χ0v) is 13.7. The molecule has 2 heterocycles. The second-order valence-corrected chi connectivity index (χ2v) is 9.07. The van der Waals surface area contributed by atoms with E-state index in [0.717, 1.165) is 17.2 Å². The molecule has 2 aromatic rings. The number of ether oxygens (including phenoxy) is 2. The topological polar surface area (TPSA) is 31.4 Å². The van der Waals surface area contributed by atoms with Gasteiger partial charge < -0.3 is 9.47 Å². The standard InChI is InChI=1S/C17H20NO2P/c1-17(2,3)21-15-13(19-4)9-7-10-14(15)20-16(21)12-8-5-6-11-18-12/h5-11,16H,1-4H3/t16?,21-/m1/s1. The fraction of sp³-hybridized carbons (Fsp3) is 0.353. The maximum atomic E-state index is 6.26. The lowest BCUT2D eigenvalue weighted by atomic mass is 10.3. The van der Waals surface area contributed by atoms with E-state index in [9.17, 15) is 0 Å². The number of nitrogens with zero attached hydrogens (tertiary/aromatic N) is 1. The zero-order chi connectivity index (χ0) is 15.0. The van der Waals surface area contributed by atoms with Crippen LogP contribution < -0.4 is 14.8 Å². The highest BCUT2D eigenvalue weighted by atomic mass is 31.1. The Balaban J connectivity index is 2.14. The van der Waals surface area contributed by atoms with Gasteiger partial charge in [0.15, 0.2) is 5.85 Å². The Labute approximate surface area is 127 Å². The predicted octanol–water partition coefficient (Wildman–Crippen LogP) is 4.09. The van der Waals surface area contributed by atoms with Gasteiger partial charge in [0.1, 0.15) is 11.5 Å². The lowest BCUT2D eigenvalue weighted by Crippen LogP contribution is -2.21. The van der Waals surface area contributed by atoms with Gasteiger partial charge in [-0.2, -0.15) is 0 Å². The first-order valence-corrected chi connectivity index (χ1v) is 8.47. The number of hydrogen-bond acceptors (Lipinski definition) is 3. The Morgan fingerprint density at radius 2 is 1.95 bits per heavy atom. The van der Waals surface area contributed by atoms with Gasteiger partial charge >= 0.3 is 0 Å². The van der Waals surface area contributed by atoms with Crippen LogP contribution in [0.5, 0.6) is 11.5 Å². The Hall–Kier alpha value is -1.60. The van der Waals surface area contributed by atoms with Crippen molar-refractivity contribution in [1.82, 2.24) is 4.98 Å². The van der Waals surface area contributed by atoms with Gasteiger partial charge in [0.25, 0.3) is 0 Å². The molecule has 21 heavy (non-hydrogen) atoms. The van der Waals surface area contributed by atoms with Crippen molar-refractivity contribution in [1.29, 1.82) is 0 Å². The minimum Gasteiger partial charge on any atom is -0.496 e. The van der Waals surface area contributed by atoms with Crippen molar-refractivity contribution in [2.75, 3.05) is 7.11 Å². The molecule has 1 aliphatic heterocycles. The lowest BCUT2D eigenvalue weighted by Gasteiger charge is -2.31. The van der Waals surface area contributed by atoms with Crippen LogP contribution in [0.1, 0.15) is 32.3 Å². The van der Waals surface area contributed by atoms with Gasteiger partial charge in [-0.3, -0.25) is 4.98 Å². The molecule has 0 spiro atoms. The summed E-state index contributed by atoms with van der Waals surface area (Å²) >= 11 is 0. The van der Waals surface area contributed by atoms with Crippen LogP contribution in [0.3, 0.4) is 0 Å². The Bertz CT molecular complexity index is 637. The fourth-order valence-electron chi connectivity index (χ4n) is 2.69. The van der Waals surface area contributed by atoms with Gasteiger partial charge in [-0.1, -0.05) is 32.9 Å². The summed E-state index contributed by atoms with van der Waals surface area (Å²) in [5.74, 6) is 1.85. The summed E-state index contributed by atoms with van der Waals surface area (Å²) in [5.41, 5.74) is 0.997. The SMILES string of the molecule is COc1cccc2c1[P@@](C(C)(C)C)C(c1ccccn1)O2. The van der Waals surface area contributed by atoms with Crippen LogP contribution in [0.15, 0.2) is 42.6 Å². The number of fused-ring (bicyclic) bond motifs is 1. The van der Waals surface area contributed by atoms with Gasteiger partial charge in [-0.25, -0.2) is 0 Å². The molecule has 1 aromatic carbocycles. The molecule has 0 aliphatic carbocycles. The number of methoxy groups -OCH3 is 1. The molecule has 1 unspecified atom stereocenters. The number of aromatic nitrogens is 1. The van der Waals surface area contributed by atoms with Crippen molar-refractivity contribution in [2.24, 2.45) is 0 Å². The van der Waals surface area contributed by atoms with E-state index in [1.54, 1.807) is 7.11 Å². The molecule has 1 aliphatic rings. The molecular weight excluding hydrogens is 281 g/mol. The Morgan fingerprint density at radius 1 is 1.14 bits per heavy atom. The summed E-state index contributed by atoms with van der Waals surface area (Å²) in [7, 11) is 1.14. The van der Waals surface area contributed by atoms with E-state index >= 15 is 0 Å². The van der Waals surface area contributed by atoms with Crippen LogP contribution in [0.25, 0.3) is 0 Å². The smallest absolute Gasteiger partial charge is 0.163 e. The monoisotopic (exact) mass is 301 g/mol. The van der Waals surface area contributed by atoms with Crippen molar-refractivity contribution in [3.05, 3.63) is 48.3 Å². The molecule has 0 bridgehead atoms. The van der Waals surface area contributed by atoms with E-state index in [0.29, 0.717) is 0 Å². The van der Waals surface area contributed by atoms with E-state index in [2.05, 4.69) is 25.8 Å². The van der Waals surface area contributed by atoms with Gasteiger partial charge in [-0.05, 0) is 37.3 Å². The second-order valence-electron chi connectivity index (χ2n) is 6.07. The molecule has 3 rings (SSSR count). The van der Waals surface area contributed by atoms with Gasteiger partial charge in [0.2, 0.25) is 0 Å². The maximum absolute atomic E-state index is 6.26. The zero-order valence-electron chi connectivity index (χ0n) is 12.8. The number of pyridine rings is 1. The molecule has 0 amide bonds. The molecule has 0 N–H and O–H groups in total. The van der Waals surface area contributed by atoms with E-state index in [1.807, 2.05) is 42.6 Å². The van der Waals surface area contributed by atoms with Crippen molar-refractivity contribution < 1.29 is 9.47 Å². The molecule has 0 saturated carbocycles. The van der Waals surface area contributed by atoms with Crippen molar-refractivity contribution in [3.8, 4) is 11.5 Å². The minimum absolute atomic E-state index is 0.00694. The van der Waals surface area contributed by atoms with Crippen LogP contribution in [0.2, 0.25) is 0 Å². The van der Waals surface area contributed by atoms with Crippen LogP contribution in [0.4, 0.5) is 0 Å². The normalized spacial score (nSPS) is 20.8. The highest BCUT2D eigenvalue weighted by molar-refractivity contribution is 7.68. The summed E-state index contributed by atoms with van der Waals surface area (Å²) in [5, 5.41) is 1.33. The largest absolute Gasteiger partial charge is 0.496 e. The van der Waals surface area contributed by atoms with E-state index in [-0.39, 0.29) is 11.0 Å². The van der Waals surface area contributed by atoms with Gasteiger partial charge in [0, 0.05) is 6.20 Å². The number of hydrogen-bond donors (Lipinski definition) is 0. The number of rotatable bonds is 2. The first-order valence-electron chi connectivity index (χ1n) is 7.06. The third-order valence-electron chi connectivity index (χ3n) is 3.56. The molecule has 2 atom stereocenters. The fourth-order valence-corrected chi connectivity index (χ4v) is 5.70. The van der Waals surface area contributed by atoms with Crippen LogP contribution in [0, 0.1) is 0 Å². The molecule has 0 fully saturated rings. The summed E-state index contributed by atoms with van der Waals surface area (Å²) in [6, 6.07) is 12.0.